The SMILES string of the molecule is COc1cccc(C=[N+](C)C)c1.[I-]. The first-order chi connectivity index (χ1) is 5.72. The molecule has 0 N–H and O–H groups in total. The molecule has 0 aliphatic rings. The maximum atomic E-state index is 5.10. The topological polar surface area (TPSA) is 12.2 Å². The van der Waals surface area contributed by atoms with Gasteiger partial charge in [0, 0.05) is 5.56 Å². The van der Waals surface area contributed by atoms with Gasteiger partial charge in [-0.25, -0.2) is 4.58 Å². The predicted molar refractivity (Wildman–Crippen MR) is 50.3 cm³/mol. The van der Waals surface area contributed by atoms with Crippen LogP contribution in [0.2, 0.25) is 0 Å². The van der Waals surface area contributed by atoms with Crippen LogP contribution in [0.5, 0.6) is 5.75 Å². The molecule has 1 aromatic carbocycles. The summed E-state index contributed by atoms with van der Waals surface area (Å²) in [5.74, 6) is 0.894. The lowest BCUT2D eigenvalue weighted by atomic mass is 10.2. The molecule has 72 valence electrons. The minimum absolute atomic E-state index is 0. The van der Waals surface area contributed by atoms with Crippen LogP contribution in [0, 0.1) is 0 Å². The zero-order chi connectivity index (χ0) is 8.97. The van der Waals surface area contributed by atoms with Crippen molar-refractivity contribution in [3.63, 3.8) is 0 Å². The fourth-order valence-electron chi connectivity index (χ4n) is 1.02. The van der Waals surface area contributed by atoms with Crippen LogP contribution in [0.15, 0.2) is 24.3 Å². The molecule has 0 spiro atoms. The summed E-state index contributed by atoms with van der Waals surface area (Å²) in [6.07, 6.45) is 2.04. The van der Waals surface area contributed by atoms with Crippen molar-refractivity contribution in [2.75, 3.05) is 21.2 Å². The molecule has 0 aromatic heterocycles. The zero-order valence-electron chi connectivity index (χ0n) is 8.12. The summed E-state index contributed by atoms with van der Waals surface area (Å²) in [6.45, 7) is 0. The molecule has 1 aromatic rings. The van der Waals surface area contributed by atoms with Crippen molar-refractivity contribution in [1.82, 2.24) is 0 Å². The van der Waals surface area contributed by atoms with Gasteiger partial charge in [-0.3, -0.25) is 0 Å². The van der Waals surface area contributed by atoms with Gasteiger partial charge >= 0.3 is 0 Å². The number of rotatable bonds is 2. The Bertz CT molecular complexity index is 293. The van der Waals surface area contributed by atoms with Crippen LogP contribution in [0.25, 0.3) is 0 Å². The van der Waals surface area contributed by atoms with Crippen molar-refractivity contribution in [3.8, 4) is 5.75 Å². The maximum Gasteiger partial charge on any atom is 0.170 e. The lowest BCUT2D eigenvalue weighted by molar-refractivity contribution is -0.458. The van der Waals surface area contributed by atoms with Crippen LogP contribution in [0.1, 0.15) is 5.56 Å². The quantitative estimate of drug-likeness (QED) is 0.363. The van der Waals surface area contributed by atoms with Gasteiger partial charge in [-0.15, -0.1) is 0 Å². The van der Waals surface area contributed by atoms with Crippen molar-refractivity contribution < 1.29 is 33.3 Å². The minimum Gasteiger partial charge on any atom is -1.00 e. The Hall–Kier alpha value is -0.580. The molecule has 2 nitrogen and oxygen atoms in total. The molecule has 0 saturated carbocycles. The van der Waals surface area contributed by atoms with E-state index in [1.54, 1.807) is 7.11 Å². The molecule has 0 amide bonds. The summed E-state index contributed by atoms with van der Waals surface area (Å²) in [5.41, 5.74) is 1.15. The van der Waals surface area contributed by atoms with Crippen LogP contribution in [-0.2, 0) is 0 Å². The highest BCUT2D eigenvalue weighted by molar-refractivity contribution is 5.76. The second-order valence-electron chi connectivity index (χ2n) is 2.87. The molecule has 1 rings (SSSR count). The van der Waals surface area contributed by atoms with E-state index in [9.17, 15) is 0 Å². The first-order valence-corrected chi connectivity index (χ1v) is 3.88. The Morgan fingerprint density at radius 1 is 1.31 bits per heavy atom. The number of hydrogen-bond acceptors (Lipinski definition) is 1. The zero-order valence-corrected chi connectivity index (χ0v) is 10.3. The number of ether oxygens (including phenoxy) is 1. The van der Waals surface area contributed by atoms with Crippen molar-refractivity contribution >= 4 is 6.21 Å². The number of benzene rings is 1. The summed E-state index contributed by atoms with van der Waals surface area (Å²) in [7, 11) is 5.67. The van der Waals surface area contributed by atoms with Crippen LogP contribution < -0.4 is 28.7 Å². The third-order valence-electron chi connectivity index (χ3n) is 1.50. The van der Waals surface area contributed by atoms with Gasteiger partial charge in [-0.05, 0) is 18.2 Å². The van der Waals surface area contributed by atoms with Gasteiger partial charge in [0.1, 0.15) is 19.8 Å². The summed E-state index contributed by atoms with van der Waals surface area (Å²) in [6, 6.07) is 7.96. The Morgan fingerprint density at radius 2 is 2.00 bits per heavy atom. The molecule has 0 unspecified atom stereocenters. The lowest BCUT2D eigenvalue weighted by Crippen LogP contribution is -3.00. The van der Waals surface area contributed by atoms with E-state index in [0.29, 0.717) is 0 Å². The van der Waals surface area contributed by atoms with E-state index >= 15 is 0 Å². The van der Waals surface area contributed by atoms with Gasteiger partial charge in [0.05, 0.1) is 7.11 Å². The molecule has 0 fully saturated rings. The average Bonchev–Trinajstić information content (AvgIpc) is 2.03. The molecule has 0 heterocycles. The molecule has 0 aliphatic heterocycles. The second-order valence-corrected chi connectivity index (χ2v) is 2.87. The average molecular weight is 291 g/mol. The number of halogens is 1. The highest BCUT2D eigenvalue weighted by Gasteiger charge is 1.94. The number of nitrogens with zero attached hydrogens (tertiary/aromatic N) is 1. The molecule has 0 saturated heterocycles. The van der Waals surface area contributed by atoms with Gasteiger partial charge in [0.2, 0.25) is 0 Å². The van der Waals surface area contributed by atoms with Gasteiger partial charge in [-0.1, -0.05) is 6.07 Å². The van der Waals surface area contributed by atoms with Crippen molar-refractivity contribution in [2.45, 2.75) is 0 Å². The first kappa shape index (κ1) is 12.4. The van der Waals surface area contributed by atoms with Crippen molar-refractivity contribution in [2.24, 2.45) is 0 Å². The van der Waals surface area contributed by atoms with Crippen LogP contribution in [-0.4, -0.2) is 32.0 Å². The Labute approximate surface area is 96.3 Å². The number of methoxy groups -OCH3 is 1. The van der Waals surface area contributed by atoms with E-state index in [1.165, 1.54) is 0 Å². The minimum atomic E-state index is 0. The van der Waals surface area contributed by atoms with E-state index in [0.717, 1.165) is 11.3 Å². The van der Waals surface area contributed by atoms with Gasteiger partial charge < -0.3 is 28.7 Å². The van der Waals surface area contributed by atoms with Crippen LogP contribution in [0.4, 0.5) is 0 Å². The highest BCUT2D eigenvalue weighted by Crippen LogP contribution is 2.10. The normalized spacial score (nSPS) is 8.54. The molecule has 0 aliphatic carbocycles. The molecular formula is C10H14INO. The summed E-state index contributed by atoms with van der Waals surface area (Å²) >= 11 is 0. The smallest absolute Gasteiger partial charge is 0.170 e. The van der Waals surface area contributed by atoms with Gasteiger partial charge in [0.15, 0.2) is 6.21 Å². The molecule has 0 radical (unpaired) electrons. The van der Waals surface area contributed by atoms with Gasteiger partial charge in [-0.2, -0.15) is 0 Å². The van der Waals surface area contributed by atoms with Crippen molar-refractivity contribution in [1.29, 1.82) is 0 Å². The highest BCUT2D eigenvalue weighted by atomic mass is 127. The lowest BCUT2D eigenvalue weighted by Gasteiger charge is -1.98. The third kappa shape index (κ3) is 4.26. The fraction of sp³-hybridized carbons (Fsp3) is 0.300. The largest absolute Gasteiger partial charge is 1.00 e. The Balaban J connectivity index is 0.00000144. The van der Waals surface area contributed by atoms with E-state index < -0.39 is 0 Å². The molecule has 13 heavy (non-hydrogen) atoms. The van der Waals surface area contributed by atoms with E-state index in [-0.39, 0.29) is 24.0 Å². The summed E-state index contributed by atoms with van der Waals surface area (Å²) in [4.78, 5) is 0. The van der Waals surface area contributed by atoms with E-state index in [4.69, 9.17) is 4.74 Å². The van der Waals surface area contributed by atoms with E-state index in [2.05, 4.69) is 0 Å². The molecule has 3 heteroatoms. The van der Waals surface area contributed by atoms with Crippen molar-refractivity contribution in [3.05, 3.63) is 29.8 Å². The van der Waals surface area contributed by atoms with Crippen LogP contribution in [0.3, 0.4) is 0 Å². The predicted octanol–water partition coefficient (Wildman–Crippen LogP) is -1.61. The summed E-state index contributed by atoms with van der Waals surface area (Å²) in [5, 5.41) is 0. The fourth-order valence-corrected chi connectivity index (χ4v) is 1.02. The Kier molecular flexibility index (Phi) is 5.70. The number of hydrogen-bond donors (Lipinski definition) is 0. The second kappa shape index (κ2) is 5.96. The monoisotopic (exact) mass is 291 g/mol. The van der Waals surface area contributed by atoms with Gasteiger partial charge in [0.25, 0.3) is 0 Å². The molecule has 0 bridgehead atoms. The first-order valence-electron chi connectivity index (χ1n) is 3.88. The Morgan fingerprint density at radius 3 is 2.54 bits per heavy atom. The molecule has 0 atom stereocenters. The van der Waals surface area contributed by atoms with Crippen LogP contribution >= 0.6 is 0 Å². The maximum absolute atomic E-state index is 5.10. The third-order valence-corrected chi connectivity index (χ3v) is 1.50. The van der Waals surface area contributed by atoms with E-state index in [1.807, 2.05) is 49.2 Å². The molecular weight excluding hydrogens is 277 g/mol. The summed E-state index contributed by atoms with van der Waals surface area (Å²) < 4.78 is 7.11. The standard InChI is InChI=1S/C10H14NO.HI/c1-11(2)8-9-5-4-6-10(7-9)12-3;/h4-8H,1-3H3;1H/q+1;/p-1.